The van der Waals surface area contributed by atoms with Crippen LogP contribution in [0.2, 0.25) is 0 Å². The minimum atomic E-state index is -0.726. The standard InChI is InChI=1S/C17H13FN2O3/c1-23-15-9-19-13-5-3-2-4-11(13)16(15)17(22)20-14-7-6-10(21)8-12(14)18/h2-9,21H,1H3,(H,20,22). The molecule has 1 amide bonds. The van der Waals surface area contributed by atoms with Gasteiger partial charge in [0.1, 0.15) is 11.6 Å². The third kappa shape index (κ3) is 2.78. The number of nitrogens with zero attached hydrogens (tertiary/aromatic N) is 1. The van der Waals surface area contributed by atoms with E-state index in [4.69, 9.17) is 4.74 Å². The predicted molar refractivity (Wildman–Crippen MR) is 84.3 cm³/mol. The summed E-state index contributed by atoms with van der Waals surface area (Å²) in [6.07, 6.45) is 1.45. The third-order valence-corrected chi connectivity index (χ3v) is 3.39. The topological polar surface area (TPSA) is 71.5 Å². The molecule has 3 rings (SSSR count). The Kier molecular flexibility index (Phi) is 3.80. The van der Waals surface area contributed by atoms with Gasteiger partial charge in [0.15, 0.2) is 5.75 Å². The second-order valence-electron chi connectivity index (χ2n) is 4.84. The van der Waals surface area contributed by atoms with Crippen molar-refractivity contribution in [2.24, 2.45) is 0 Å². The van der Waals surface area contributed by atoms with Crippen LogP contribution in [-0.2, 0) is 0 Å². The molecule has 0 spiro atoms. The van der Waals surface area contributed by atoms with Gasteiger partial charge in [-0.2, -0.15) is 0 Å². The summed E-state index contributed by atoms with van der Waals surface area (Å²) in [6, 6.07) is 10.6. The monoisotopic (exact) mass is 312 g/mol. The van der Waals surface area contributed by atoms with Crippen molar-refractivity contribution in [3.63, 3.8) is 0 Å². The molecule has 0 aliphatic heterocycles. The highest BCUT2D eigenvalue weighted by Crippen LogP contribution is 2.28. The highest BCUT2D eigenvalue weighted by atomic mass is 19.1. The molecule has 116 valence electrons. The highest BCUT2D eigenvalue weighted by Gasteiger charge is 2.18. The Bertz CT molecular complexity index is 896. The Hall–Kier alpha value is -3.15. The molecule has 23 heavy (non-hydrogen) atoms. The van der Waals surface area contributed by atoms with Gasteiger partial charge in [0, 0.05) is 11.5 Å². The van der Waals surface area contributed by atoms with Gasteiger partial charge in [-0.3, -0.25) is 9.78 Å². The first-order chi connectivity index (χ1) is 11.1. The maximum Gasteiger partial charge on any atom is 0.260 e. The molecule has 3 aromatic rings. The van der Waals surface area contributed by atoms with Crippen molar-refractivity contribution in [2.45, 2.75) is 0 Å². The molecule has 0 saturated carbocycles. The van der Waals surface area contributed by atoms with Crippen molar-refractivity contribution in [3.05, 3.63) is 60.0 Å². The first-order valence-electron chi connectivity index (χ1n) is 6.81. The molecule has 2 N–H and O–H groups in total. The number of hydrogen-bond donors (Lipinski definition) is 2. The lowest BCUT2D eigenvalue weighted by atomic mass is 10.1. The number of phenolic OH excluding ortho intramolecular Hbond substituents is 1. The lowest BCUT2D eigenvalue weighted by Gasteiger charge is -2.12. The minimum absolute atomic E-state index is 0.0317. The molecule has 0 unspecified atom stereocenters. The van der Waals surface area contributed by atoms with Crippen LogP contribution >= 0.6 is 0 Å². The summed E-state index contributed by atoms with van der Waals surface area (Å²) < 4.78 is 19.0. The fraction of sp³-hybridized carbons (Fsp3) is 0.0588. The molecule has 0 aliphatic carbocycles. The summed E-state index contributed by atoms with van der Waals surface area (Å²) in [7, 11) is 1.43. The van der Waals surface area contributed by atoms with Gasteiger partial charge in [-0.05, 0) is 18.2 Å². The van der Waals surface area contributed by atoms with Crippen LogP contribution in [0, 0.1) is 5.82 Å². The molecule has 1 aromatic heterocycles. The van der Waals surface area contributed by atoms with Crippen molar-refractivity contribution in [1.29, 1.82) is 0 Å². The Labute approximate surface area is 131 Å². The number of hydrogen-bond acceptors (Lipinski definition) is 4. The number of nitrogens with one attached hydrogen (secondary N) is 1. The number of para-hydroxylation sites is 1. The molecule has 6 heteroatoms. The number of carbonyl (C=O) groups is 1. The molecule has 1 heterocycles. The van der Waals surface area contributed by atoms with Crippen molar-refractivity contribution in [2.75, 3.05) is 12.4 Å². The van der Waals surface area contributed by atoms with Gasteiger partial charge in [0.05, 0.1) is 30.1 Å². The number of ether oxygens (including phenoxy) is 1. The normalized spacial score (nSPS) is 10.5. The predicted octanol–water partition coefficient (Wildman–Crippen LogP) is 3.34. The number of rotatable bonds is 3. The molecular formula is C17H13FN2O3. The zero-order valence-electron chi connectivity index (χ0n) is 12.2. The number of aromatic hydroxyl groups is 1. The largest absolute Gasteiger partial charge is 0.508 e. The van der Waals surface area contributed by atoms with Crippen LogP contribution in [0.1, 0.15) is 10.4 Å². The van der Waals surface area contributed by atoms with E-state index in [0.29, 0.717) is 16.7 Å². The molecule has 0 fully saturated rings. The van der Waals surface area contributed by atoms with Crippen LogP contribution in [0.3, 0.4) is 0 Å². The second kappa shape index (κ2) is 5.92. The van der Waals surface area contributed by atoms with Crippen LogP contribution in [0.15, 0.2) is 48.7 Å². The molecule has 0 atom stereocenters. The van der Waals surface area contributed by atoms with Crippen molar-refractivity contribution >= 4 is 22.5 Å². The van der Waals surface area contributed by atoms with E-state index in [1.807, 2.05) is 6.07 Å². The van der Waals surface area contributed by atoms with Gasteiger partial charge in [-0.15, -0.1) is 0 Å². The maximum atomic E-state index is 13.8. The summed E-state index contributed by atoms with van der Waals surface area (Å²) in [5.74, 6) is -1.17. The van der Waals surface area contributed by atoms with Crippen molar-refractivity contribution in [3.8, 4) is 11.5 Å². The van der Waals surface area contributed by atoms with Crippen LogP contribution in [0.4, 0.5) is 10.1 Å². The van der Waals surface area contributed by atoms with Gasteiger partial charge in [0.2, 0.25) is 0 Å². The van der Waals surface area contributed by atoms with E-state index >= 15 is 0 Å². The fourth-order valence-corrected chi connectivity index (χ4v) is 2.30. The van der Waals surface area contributed by atoms with E-state index in [9.17, 15) is 14.3 Å². The first-order valence-corrected chi connectivity index (χ1v) is 6.81. The van der Waals surface area contributed by atoms with E-state index in [-0.39, 0.29) is 17.0 Å². The van der Waals surface area contributed by atoms with Gasteiger partial charge < -0.3 is 15.2 Å². The lowest BCUT2D eigenvalue weighted by molar-refractivity contribution is 0.102. The number of phenols is 1. The highest BCUT2D eigenvalue weighted by molar-refractivity contribution is 6.14. The van der Waals surface area contributed by atoms with Crippen LogP contribution in [-0.4, -0.2) is 23.1 Å². The molecule has 0 bridgehead atoms. The van der Waals surface area contributed by atoms with Crippen LogP contribution in [0.5, 0.6) is 11.5 Å². The Morgan fingerprint density at radius 2 is 2.04 bits per heavy atom. The summed E-state index contributed by atoms with van der Waals surface area (Å²) >= 11 is 0. The summed E-state index contributed by atoms with van der Waals surface area (Å²) in [5.41, 5.74) is 0.867. The van der Waals surface area contributed by atoms with Crippen molar-refractivity contribution < 1.29 is 19.0 Å². The fourth-order valence-electron chi connectivity index (χ4n) is 2.30. The number of methoxy groups -OCH3 is 1. The summed E-state index contributed by atoms with van der Waals surface area (Å²) in [4.78, 5) is 16.8. The number of carbonyl (C=O) groups excluding carboxylic acids is 1. The number of aromatic nitrogens is 1. The number of amides is 1. The van der Waals surface area contributed by atoms with E-state index in [0.717, 1.165) is 6.07 Å². The number of anilines is 1. The number of halogens is 1. The lowest BCUT2D eigenvalue weighted by Crippen LogP contribution is -2.15. The Morgan fingerprint density at radius 1 is 1.26 bits per heavy atom. The first kappa shape index (κ1) is 14.8. The number of pyridine rings is 1. The van der Waals surface area contributed by atoms with Gasteiger partial charge in [-0.1, -0.05) is 18.2 Å². The SMILES string of the molecule is COc1cnc2ccccc2c1C(=O)Nc1ccc(O)cc1F. The van der Waals surface area contributed by atoms with Gasteiger partial charge in [0.25, 0.3) is 5.91 Å². The van der Waals surface area contributed by atoms with E-state index in [1.54, 1.807) is 18.2 Å². The molecule has 0 radical (unpaired) electrons. The maximum absolute atomic E-state index is 13.8. The number of fused-ring (bicyclic) bond motifs is 1. The van der Waals surface area contributed by atoms with Gasteiger partial charge in [-0.25, -0.2) is 4.39 Å². The molecule has 0 saturated heterocycles. The summed E-state index contributed by atoms with van der Waals surface area (Å²) in [5, 5.41) is 12.3. The van der Waals surface area contributed by atoms with Crippen LogP contribution in [0.25, 0.3) is 10.9 Å². The summed E-state index contributed by atoms with van der Waals surface area (Å²) in [6.45, 7) is 0. The molecular weight excluding hydrogens is 299 g/mol. The molecule has 5 nitrogen and oxygen atoms in total. The Balaban J connectivity index is 2.06. The quantitative estimate of drug-likeness (QED) is 0.728. The zero-order valence-corrected chi connectivity index (χ0v) is 12.2. The Morgan fingerprint density at radius 3 is 2.78 bits per heavy atom. The second-order valence-corrected chi connectivity index (χ2v) is 4.84. The van der Waals surface area contributed by atoms with Crippen molar-refractivity contribution in [1.82, 2.24) is 4.98 Å². The third-order valence-electron chi connectivity index (χ3n) is 3.39. The van der Waals surface area contributed by atoms with E-state index in [1.165, 1.54) is 25.4 Å². The average Bonchev–Trinajstić information content (AvgIpc) is 2.56. The molecule has 2 aromatic carbocycles. The zero-order chi connectivity index (χ0) is 16.4. The number of benzene rings is 2. The average molecular weight is 312 g/mol. The van der Waals surface area contributed by atoms with E-state index < -0.39 is 11.7 Å². The van der Waals surface area contributed by atoms with Gasteiger partial charge >= 0.3 is 0 Å². The minimum Gasteiger partial charge on any atom is -0.508 e. The molecule has 0 aliphatic rings. The smallest absolute Gasteiger partial charge is 0.260 e. The van der Waals surface area contributed by atoms with E-state index in [2.05, 4.69) is 10.3 Å². The van der Waals surface area contributed by atoms with Crippen LogP contribution < -0.4 is 10.1 Å².